The molecule has 0 aliphatic carbocycles. The van der Waals surface area contributed by atoms with Crippen molar-refractivity contribution in [1.82, 2.24) is 14.8 Å². The average molecular weight is 339 g/mol. The first-order valence-electron chi connectivity index (χ1n) is 9.24. The van der Waals surface area contributed by atoms with Gasteiger partial charge in [-0.25, -0.2) is 0 Å². The lowest BCUT2D eigenvalue weighted by Crippen LogP contribution is -2.62. The predicted octanol–water partition coefficient (Wildman–Crippen LogP) is 3.17. The summed E-state index contributed by atoms with van der Waals surface area (Å²) >= 11 is 0. The maximum atomic E-state index is 13.4. The van der Waals surface area contributed by atoms with E-state index in [1.807, 2.05) is 40.3 Å². The number of hydrogen-bond acceptors (Lipinski definition) is 2. The zero-order chi connectivity index (χ0) is 17.6. The molecule has 1 aromatic carbocycles. The van der Waals surface area contributed by atoms with Gasteiger partial charge in [-0.15, -0.1) is 0 Å². The number of likely N-dealkylation sites (tertiary alicyclic amines) is 2. The van der Waals surface area contributed by atoms with Gasteiger partial charge in [0.2, 0.25) is 5.91 Å². The number of rotatable bonds is 2. The maximum Gasteiger partial charge on any atom is 0.255 e. The minimum atomic E-state index is -0.641. The summed E-state index contributed by atoms with van der Waals surface area (Å²) in [6.45, 7) is 5.57. The van der Waals surface area contributed by atoms with Crippen LogP contribution < -0.4 is 0 Å². The van der Waals surface area contributed by atoms with Crippen LogP contribution in [0.15, 0.2) is 30.5 Å². The van der Waals surface area contributed by atoms with E-state index in [0.717, 1.165) is 43.1 Å². The van der Waals surface area contributed by atoms with Crippen molar-refractivity contribution in [2.45, 2.75) is 51.1 Å². The third-order valence-corrected chi connectivity index (χ3v) is 5.83. The van der Waals surface area contributed by atoms with E-state index in [9.17, 15) is 9.59 Å². The SMILES string of the molecule is CC(C)N1CCCC2(CCCN2C(=O)c2cccc3[nH]ccc23)C1=O. The lowest BCUT2D eigenvalue weighted by molar-refractivity contribution is -0.147. The Balaban J connectivity index is 1.73. The lowest BCUT2D eigenvalue weighted by atomic mass is 9.84. The zero-order valence-corrected chi connectivity index (χ0v) is 14.9. The third-order valence-electron chi connectivity index (χ3n) is 5.83. The molecule has 1 aromatic heterocycles. The van der Waals surface area contributed by atoms with Crippen molar-refractivity contribution < 1.29 is 9.59 Å². The number of carbonyl (C=O) groups excluding carboxylic acids is 2. The van der Waals surface area contributed by atoms with Gasteiger partial charge in [-0.1, -0.05) is 6.07 Å². The van der Waals surface area contributed by atoms with Gasteiger partial charge in [-0.3, -0.25) is 9.59 Å². The van der Waals surface area contributed by atoms with Gasteiger partial charge in [0.05, 0.1) is 0 Å². The van der Waals surface area contributed by atoms with E-state index in [2.05, 4.69) is 18.8 Å². The molecule has 1 spiro atoms. The zero-order valence-electron chi connectivity index (χ0n) is 14.9. The minimum absolute atomic E-state index is 0.0124. The van der Waals surface area contributed by atoms with Crippen molar-refractivity contribution in [2.75, 3.05) is 13.1 Å². The fraction of sp³-hybridized carbons (Fsp3) is 0.500. The molecule has 4 rings (SSSR count). The maximum absolute atomic E-state index is 13.4. The van der Waals surface area contributed by atoms with Crippen molar-refractivity contribution >= 4 is 22.7 Å². The second kappa shape index (κ2) is 5.90. The van der Waals surface area contributed by atoms with Gasteiger partial charge in [-0.2, -0.15) is 0 Å². The number of aromatic nitrogens is 1. The molecule has 3 heterocycles. The largest absolute Gasteiger partial charge is 0.361 e. The van der Waals surface area contributed by atoms with Gasteiger partial charge in [0, 0.05) is 41.8 Å². The quantitative estimate of drug-likeness (QED) is 0.914. The average Bonchev–Trinajstić information content (AvgIpc) is 3.23. The van der Waals surface area contributed by atoms with Crippen LogP contribution in [0.2, 0.25) is 0 Å². The number of benzene rings is 1. The Morgan fingerprint density at radius 1 is 1.16 bits per heavy atom. The van der Waals surface area contributed by atoms with E-state index in [1.165, 1.54) is 0 Å². The fourth-order valence-corrected chi connectivity index (χ4v) is 4.58. The molecule has 0 bridgehead atoms. The Labute approximate surface area is 148 Å². The number of nitrogens with zero attached hydrogens (tertiary/aromatic N) is 2. The monoisotopic (exact) mass is 339 g/mol. The molecular formula is C20H25N3O2. The molecule has 2 aliphatic heterocycles. The van der Waals surface area contributed by atoms with Crippen molar-refractivity contribution in [1.29, 1.82) is 0 Å². The summed E-state index contributed by atoms with van der Waals surface area (Å²) in [5, 5.41) is 0.929. The summed E-state index contributed by atoms with van der Waals surface area (Å²) in [6.07, 6.45) is 5.27. The predicted molar refractivity (Wildman–Crippen MR) is 97.4 cm³/mol. The highest BCUT2D eigenvalue weighted by molar-refractivity contribution is 6.08. The van der Waals surface area contributed by atoms with E-state index in [1.54, 1.807) is 0 Å². The van der Waals surface area contributed by atoms with Crippen LogP contribution in [0.1, 0.15) is 49.9 Å². The van der Waals surface area contributed by atoms with E-state index < -0.39 is 5.54 Å². The Hall–Kier alpha value is -2.30. The summed E-state index contributed by atoms with van der Waals surface area (Å²) in [6, 6.07) is 7.86. The highest BCUT2D eigenvalue weighted by Crippen LogP contribution is 2.40. The van der Waals surface area contributed by atoms with E-state index in [-0.39, 0.29) is 17.9 Å². The van der Waals surface area contributed by atoms with Crippen LogP contribution in [0.5, 0.6) is 0 Å². The lowest BCUT2D eigenvalue weighted by Gasteiger charge is -2.46. The molecule has 1 atom stereocenters. The van der Waals surface area contributed by atoms with Crippen LogP contribution in [0.3, 0.4) is 0 Å². The molecule has 132 valence electrons. The Kier molecular flexibility index (Phi) is 3.82. The molecule has 5 nitrogen and oxygen atoms in total. The smallest absolute Gasteiger partial charge is 0.255 e. The fourth-order valence-electron chi connectivity index (χ4n) is 4.58. The van der Waals surface area contributed by atoms with E-state index in [4.69, 9.17) is 0 Å². The molecule has 1 unspecified atom stereocenters. The summed E-state index contributed by atoms with van der Waals surface area (Å²) in [5.74, 6) is 0.127. The summed E-state index contributed by atoms with van der Waals surface area (Å²) in [5.41, 5.74) is 1.00. The van der Waals surface area contributed by atoms with Gasteiger partial charge < -0.3 is 14.8 Å². The second-order valence-corrected chi connectivity index (χ2v) is 7.53. The van der Waals surface area contributed by atoms with E-state index >= 15 is 0 Å². The number of amides is 2. The van der Waals surface area contributed by atoms with Crippen LogP contribution in [0.4, 0.5) is 0 Å². The Morgan fingerprint density at radius 2 is 1.92 bits per heavy atom. The molecule has 5 heteroatoms. The molecule has 0 radical (unpaired) electrons. The number of H-pyrrole nitrogens is 1. The van der Waals surface area contributed by atoms with Gasteiger partial charge in [0.1, 0.15) is 5.54 Å². The van der Waals surface area contributed by atoms with Gasteiger partial charge in [0.15, 0.2) is 0 Å². The van der Waals surface area contributed by atoms with Crippen molar-refractivity contribution in [3.63, 3.8) is 0 Å². The Morgan fingerprint density at radius 3 is 2.68 bits per heavy atom. The number of nitrogens with one attached hydrogen (secondary N) is 1. The van der Waals surface area contributed by atoms with Crippen LogP contribution in [-0.4, -0.2) is 51.3 Å². The first kappa shape index (κ1) is 16.2. The van der Waals surface area contributed by atoms with Crippen molar-refractivity contribution in [3.05, 3.63) is 36.0 Å². The van der Waals surface area contributed by atoms with Crippen LogP contribution in [0, 0.1) is 0 Å². The van der Waals surface area contributed by atoms with Crippen molar-refractivity contribution in [2.24, 2.45) is 0 Å². The molecule has 25 heavy (non-hydrogen) atoms. The van der Waals surface area contributed by atoms with Crippen molar-refractivity contribution in [3.8, 4) is 0 Å². The number of aromatic amines is 1. The summed E-state index contributed by atoms with van der Waals surface area (Å²) < 4.78 is 0. The topological polar surface area (TPSA) is 56.4 Å². The Bertz CT molecular complexity index is 825. The number of hydrogen-bond donors (Lipinski definition) is 1. The highest BCUT2D eigenvalue weighted by atomic mass is 16.2. The molecule has 2 aliphatic rings. The minimum Gasteiger partial charge on any atom is -0.361 e. The first-order valence-corrected chi connectivity index (χ1v) is 9.24. The van der Waals surface area contributed by atoms with Crippen LogP contribution >= 0.6 is 0 Å². The van der Waals surface area contributed by atoms with Crippen LogP contribution in [0.25, 0.3) is 10.9 Å². The molecule has 2 aromatic rings. The standard InChI is InChI=1S/C20H25N3O2/c1-14(2)22-12-4-9-20(19(22)25)10-5-13-23(20)18(24)16-6-3-7-17-15(16)8-11-21-17/h3,6-8,11,14,21H,4-5,9-10,12-13H2,1-2H3. The van der Waals surface area contributed by atoms with Gasteiger partial charge in [-0.05, 0) is 57.7 Å². The molecule has 1 N–H and O–H groups in total. The first-order chi connectivity index (χ1) is 12.0. The highest BCUT2D eigenvalue weighted by Gasteiger charge is 2.53. The molecule has 2 amide bonds. The second-order valence-electron chi connectivity index (χ2n) is 7.53. The third kappa shape index (κ3) is 2.36. The van der Waals surface area contributed by atoms with Crippen LogP contribution in [-0.2, 0) is 4.79 Å². The summed E-state index contributed by atoms with van der Waals surface area (Å²) in [4.78, 5) is 33.7. The van der Waals surface area contributed by atoms with Gasteiger partial charge >= 0.3 is 0 Å². The number of fused-ring (bicyclic) bond motifs is 1. The molecular weight excluding hydrogens is 314 g/mol. The van der Waals surface area contributed by atoms with E-state index in [0.29, 0.717) is 12.1 Å². The normalized spacial score (nSPS) is 24.0. The molecule has 2 saturated heterocycles. The van der Waals surface area contributed by atoms with Gasteiger partial charge in [0.25, 0.3) is 5.91 Å². The number of carbonyl (C=O) groups is 2. The molecule has 2 fully saturated rings. The summed E-state index contributed by atoms with van der Waals surface area (Å²) in [7, 11) is 0. The molecule has 0 saturated carbocycles. The number of piperidine rings is 1.